The second kappa shape index (κ2) is 5.36. The van der Waals surface area contributed by atoms with Gasteiger partial charge < -0.3 is 10.2 Å². The lowest BCUT2D eigenvalue weighted by atomic mass is 10.0. The quantitative estimate of drug-likeness (QED) is 0.818. The van der Waals surface area contributed by atoms with Crippen molar-refractivity contribution in [2.75, 3.05) is 18.0 Å². The van der Waals surface area contributed by atoms with Crippen molar-refractivity contribution in [3.63, 3.8) is 0 Å². The average Bonchev–Trinajstić information content (AvgIpc) is 2.85. The third kappa shape index (κ3) is 2.99. The molecule has 1 aliphatic heterocycles. The van der Waals surface area contributed by atoms with Crippen LogP contribution in [0.4, 0.5) is 5.13 Å². The van der Waals surface area contributed by atoms with Crippen molar-refractivity contribution in [1.82, 2.24) is 10.3 Å². The van der Waals surface area contributed by atoms with Gasteiger partial charge in [-0.25, -0.2) is 4.98 Å². The standard InChI is InChI=1S/C13H23N3S/c1-4-7-14-9-11-10-15-12(17-11)16-8-5-6-13(16,2)3/h10,14H,4-9H2,1-3H3. The van der Waals surface area contributed by atoms with Crippen LogP contribution < -0.4 is 10.2 Å². The van der Waals surface area contributed by atoms with Crippen LogP contribution in [-0.4, -0.2) is 23.6 Å². The zero-order valence-corrected chi connectivity index (χ0v) is 11.9. The zero-order valence-electron chi connectivity index (χ0n) is 11.1. The first-order valence-corrected chi connectivity index (χ1v) is 7.38. The van der Waals surface area contributed by atoms with E-state index in [0.29, 0.717) is 0 Å². The van der Waals surface area contributed by atoms with Gasteiger partial charge in [0.1, 0.15) is 0 Å². The molecule has 2 heterocycles. The Labute approximate surface area is 108 Å². The molecule has 2 rings (SSSR count). The fraction of sp³-hybridized carbons (Fsp3) is 0.769. The molecule has 96 valence electrons. The number of anilines is 1. The van der Waals surface area contributed by atoms with Crippen molar-refractivity contribution >= 4 is 16.5 Å². The van der Waals surface area contributed by atoms with E-state index in [4.69, 9.17) is 0 Å². The van der Waals surface area contributed by atoms with E-state index in [1.807, 2.05) is 17.5 Å². The van der Waals surface area contributed by atoms with Gasteiger partial charge in [-0.1, -0.05) is 6.92 Å². The van der Waals surface area contributed by atoms with Gasteiger partial charge in [-0.3, -0.25) is 0 Å². The second-order valence-corrected chi connectivity index (χ2v) is 6.45. The minimum Gasteiger partial charge on any atom is -0.343 e. The summed E-state index contributed by atoms with van der Waals surface area (Å²) in [6, 6.07) is 0. The Bertz CT molecular complexity index is 359. The fourth-order valence-corrected chi connectivity index (χ4v) is 3.42. The Kier molecular flexibility index (Phi) is 4.05. The van der Waals surface area contributed by atoms with E-state index in [1.54, 1.807) is 0 Å². The highest BCUT2D eigenvalue weighted by Gasteiger charge is 2.33. The number of nitrogens with one attached hydrogen (secondary N) is 1. The van der Waals surface area contributed by atoms with Crippen LogP contribution in [0.15, 0.2) is 6.20 Å². The number of hydrogen-bond acceptors (Lipinski definition) is 4. The lowest BCUT2D eigenvalue weighted by Crippen LogP contribution is -2.37. The van der Waals surface area contributed by atoms with E-state index in [2.05, 4.69) is 36.0 Å². The van der Waals surface area contributed by atoms with Crippen LogP contribution in [0.1, 0.15) is 44.9 Å². The smallest absolute Gasteiger partial charge is 0.185 e. The molecule has 0 aromatic carbocycles. The Morgan fingerprint density at radius 3 is 3.00 bits per heavy atom. The van der Waals surface area contributed by atoms with E-state index < -0.39 is 0 Å². The molecule has 0 aliphatic carbocycles. The van der Waals surface area contributed by atoms with Gasteiger partial charge in [0.2, 0.25) is 0 Å². The summed E-state index contributed by atoms with van der Waals surface area (Å²) in [5.41, 5.74) is 0.284. The molecule has 0 atom stereocenters. The highest BCUT2D eigenvalue weighted by atomic mass is 32.1. The summed E-state index contributed by atoms with van der Waals surface area (Å²) in [5.74, 6) is 0. The third-order valence-corrected chi connectivity index (χ3v) is 4.42. The number of rotatable bonds is 5. The van der Waals surface area contributed by atoms with Crippen molar-refractivity contribution in [3.8, 4) is 0 Å². The molecule has 17 heavy (non-hydrogen) atoms. The molecule has 1 saturated heterocycles. The first-order valence-electron chi connectivity index (χ1n) is 6.56. The molecular formula is C13H23N3S. The molecule has 3 nitrogen and oxygen atoms in total. The van der Waals surface area contributed by atoms with E-state index in [0.717, 1.165) is 19.6 Å². The highest BCUT2D eigenvalue weighted by molar-refractivity contribution is 7.15. The van der Waals surface area contributed by atoms with Gasteiger partial charge in [0, 0.05) is 29.7 Å². The van der Waals surface area contributed by atoms with Crippen LogP contribution in [-0.2, 0) is 6.54 Å². The maximum atomic E-state index is 4.58. The van der Waals surface area contributed by atoms with Crippen molar-refractivity contribution in [1.29, 1.82) is 0 Å². The highest BCUT2D eigenvalue weighted by Crippen LogP contribution is 2.35. The molecule has 0 radical (unpaired) electrons. The predicted molar refractivity (Wildman–Crippen MR) is 74.8 cm³/mol. The molecule has 0 unspecified atom stereocenters. The van der Waals surface area contributed by atoms with Crippen molar-refractivity contribution in [3.05, 3.63) is 11.1 Å². The summed E-state index contributed by atoms with van der Waals surface area (Å²) in [5, 5.41) is 4.62. The van der Waals surface area contributed by atoms with Gasteiger partial charge in [-0.05, 0) is 39.7 Å². The summed E-state index contributed by atoms with van der Waals surface area (Å²) in [4.78, 5) is 8.38. The molecular weight excluding hydrogens is 230 g/mol. The molecule has 1 aliphatic rings. The predicted octanol–water partition coefficient (Wildman–Crippen LogP) is 3.02. The van der Waals surface area contributed by atoms with Crippen molar-refractivity contribution in [2.45, 2.75) is 52.1 Å². The summed E-state index contributed by atoms with van der Waals surface area (Å²) in [6.07, 6.45) is 5.77. The summed E-state index contributed by atoms with van der Waals surface area (Å²) < 4.78 is 0. The number of nitrogens with zero attached hydrogens (tertiary/aromatic N) is 2. The SMILES string of the molecule is CCCNCc1cnc(N2CCCC2(C)C)s1. The monoisotopic (exact) mass is 253 g/mol. The molecule has 1 N–H and O–H groups in total. The first kappa shape index (κ1) is 12.8. The van der Waals surface area contributed by atoms with Crippen molar-refractivity contribution in [2.24, 2.45) is 0 Å². The van der Waals surface area contributed by atoms with Gasteiger partial charge in [-0.15, -0.1) is 11.3 Å². The Morgan fingerprint density at radius 1 is 1.53 bits per heavy atom. The van der Waals surface area contributed by atoms with E-state index >= 15 is 0 Å². The molecule has 1 aromatic rings. The number of aromatic nitrogens is 1. The molecule has 0 amide bonds. The summed E-state index contributed by atoms with van der Waals surface area (Å²) in [7, 11) is 0. The van der Waals surface area contributed by atoms with E-state index in [1.165, 1.54) is 29.3 Å². The lowest BCUT2D eigenvalue weighted by Gasteiger charge is -2.31. The van der Waals surface area contributed by atoms with Crippen LogP contribution in [0.25, 0.3) is 0 Å². The molecule has 0 spiro atoms. The largest absolute Gasteiger partial charge is 0.343 e. The zero-order chi connectivity index (χ0) is 12.3. The Balaban J connectivity index is 1.98. The Morgan fingerprint density at radius 2 is 2.35 bits per heavy atom. The molecule has 1 aromatic heterocycles. The molecule has 4 heteroatoms. The van der Waals surface area contributed by atoms with Gasteiger partial charge in [0.25, 0.3) is 0 Å². The second-order valence-electron chi connectivity index (χ2n) is 5.35. The van der Waals surface area contributed by atoms with Crippen LogP contribution in [0.3, 0.4) is 0 Å². The minimum atomic E-state index is 0.284. The summed E-state index contributed by atoms with van der Waals surface area (Å²) >= 11 is 1.84. The van der Waals surface area contributed by atoms with Gasteiger partial charge >= 0.3 is 0 Å². The van der Waals surface area contributed by atoms with Gasteiger partial charge in [0.15, 0.2) is 5.13 Å². The van der Waals surface area contributed by atoms with Crippen molar-refractivity contribution < 1.29 is 0 Å². The Hall–Kier alpha value is -0.610. The van der Waals surface area contributed by atoms with Gasteiger partial charge in [0.05, 0.1) is 0 Å². The lowest BCUT2D eigenvalue weighted by molar-refractivity contribution is 0.517. The first-order chi connectivity index (χ1) is 8.13. The normalized spacial score (nSPS) is 18.9. The maximum absolute atomic E-state index is 4.58. The van der Waals surface area contributed by atoms with Crippen LogP contribution >= 0.6 is 11.3 Å². The molecule has 0 bridgehead atoms. The number of hydrogen-bond donors (Lipinski definition) is 1. The van der Waals surface area contributed by atoms with Crippen LogP contribution in [0, 0.1) is 0 Å². The molecule has 1 fully saturated rings. The van der Waals surface area contributed by atoms with Gasteiger partial charge in [-0.2, -0.15) is 0 Å². The minimum absolute atomic E-state index is 0.284. The van der Waals surface area contributed by atoms with E-state index in [9.17, 15) is 0 Å². The van der Waals surface area contributed by atoms with Crippen LogP contribution in [0.5, 0.6) is 0 Å². The topological polar surface area (TPSA) is 28.2 Å². The third-order valence-electron chi connectivity index (χ3n) is 3.40. The summed E-state index contributed by atoms with van der Waals surface area (Å²) in [6.45, 7) is 10.0. The number of thiazole rings is 1. The maximum Gasteiger partial charge on any atom is 0.185 e. The average molecular weight is 253 g/mol. The van der Waals surface area contributed by atoms with E-state index in [-0.39, 0.29) is 5.54 Å². The van der Waals surface area contributed by atoms with Crippen LogP contribution in [0.2, 0.25) is 0 Å². The fourth-order valence-electron chi connectivity index (χ4n) is 2.35. The molecule has 0 saturated carbocycles.